The van der Waals surface area contributed by atoms with Gasteiger partial charge in [-0.3, -0.25) is 10.1 Å². The van der Waals surface area contributed by atoms with Crippen LogP contribution < -0.4 is 0 Å². The molecule has 1 aromatic heterocycles. The first-order chi connectivity index (χ1) is 18.0. The summed E-state index contributed by atoms with van der Waals surface area (Å²) in [6.07, 6.45) is 11.7. The van der Waals surface area contributed by atoms with Crippen LogP contribution in [0.25, 0.3) is 10.9 Å². The van der Waals surface area contributed by atoms with Crippen molar-refractivity contribution >= 4 is 22.5 Å². The van der Waals surface area contributed by atoms with E-state index in [1.807, 2.05) is 6.07 Å². The van der Waals surface area contributed by atoms with Crippen molar-refractivity contribution < 1.29 is 4.92 Å². The highest BCUT2D eigenvalue weighted by Gasteiger charge is 2.65. The second-order valence-electron chi connectivity index (χ2n) is 14.8. The van der Waals surface area contributed by atoms with Gasteiger partial charge in [-0.2, -0.15) is 0 Å². The third-order valence-corrected chi connectivity index (χ3v) is 12.8. The molecule has 38 heavy (non-hydrogen) atoms. The number of rotatable bonds is 6. The second-order valence-corrected chi connectivity index (χ2v) is 15.2. The van der Waals surface area contributed by atoms with E-state index in [2.05, 4.69) is 51.7 Å². The molecule has 3 saturated carbocycles. The fourth-order valence-electron chi connectivity index (χ4n) is 10.7. The van der Waals surface area contributed by atoms with E-state index in [9.17, 15) is 10.1 Å². The standard InChI is InChI=1S/C33H47ClN2O2/c1-19(2)7-6-8-20(3)25-10-11-26-23-16-31(36(37)38)28-17-30-24(22-15-21(34)9-12-29(22)35-30)18-33(28,5)27(23)13-14-32(25,26)4/h9,12,15,19-20,23,25-28,31,35H,6-8,10-11,13-14,16-18H2,1-5H3/t20-,23+,25-,26+,27+,28-,31+,32-,33-/m1/s1. The summed E-state index contributed by atoms with van der Waals surface area (Å²) in [5.41, 5.74) is 4.02. The number of aromatic nitrogens is 1. The fraction of sp³-hybridized carbons (Fsp3) is 0.758. The molecule has 0 bridgehead atoms. The van der Waals surface area contributed by atoms with Crippen LogP contribution in [0.5, 0.6) is 0 Å². The van der Waals surface area contributed by atoms with Crippen LogP contribution in [0, 0.1) is 62.4 Å². The highest BCUT2D eigenvalue weighted by atomic mass is 35.5. The molecule has 6 rings (SSSR count). The minimum atomic E-state index is -0.436. The van der Waals surface area contributed by atoms with E-state index in [4.69, 9.17) is 11.6 Å². The zero-order valence-electron chi connectivity index (χ0n) is 24.1. The minimum absolute atomic E-state index is 0.0343. The number of H-pyrrole nitrogens is 1. The largest absolute Gasteiger partial charge is 0.358 e. The van der Waals surface area contributed by atoms with Gasteiger partial charge in [-0.1, -0.05) is 65.5 Å². The molecule has 4 aliphatic carbocycles. The maximum Gasteiger partial charge on any atom is 0.217 e. The SMILES string of the molecule is CC(C)CCC[C@@H](C)[C@H]1CC[C@H]2[C@@H]3C[C@H]([N+](=O)[O-])[C@H]4Cc5[nH]c6ccc(Cl)cc6c5C[C@]4(C)[C@H]3CC[C@]12C. The number of benzene rings is 1. The average molecular weight is 539 g/mol. The van der Waals surface area contributed by atoms with Crippen LogP contribution in [0.2, 0.25) is 5.02 Å². The Labute approximate surface area is 233 Å². The number of nitrogens with one attached hydrogen (secondary N) is 1. The van der Waals surface area contributed by atoms with Crippen molar-refractivity contribution in [3.8, 4) is 0 Å². The summed E-state index contributed by atoms with van der Waals surface area (Å²) in [5, 5.41) is 14.6. The van der Waals surface area contributed by atoms with Crippen LogP contribution in [0.15, 0.2) is 18.2 Å². The second kappa shape index (κ2) is 9.53. The number of hydrogen-bond acceptors (Lipinski definition) is 2. The van der Waals surface area contributed by atoms with Crippen molar-refractivity contribution in [1.82, 2.24) is 4.98 Å². The predicted octanol–water partition coefficient (Wildman–Crippen LogP) is 9.11. The van der Waals surface area contributed by atoms with Crippen molar-refractivity contribution in [1.29, 1.82) is 0 Å². The smallest absolute Gasteiger partial charge is 0.217 e. The van der Waals surface area contributed by atoms with Gasteiger partial charge in [-0.15, -0.1) is 0 Å². The molecule has 3 fully saturated rings. The lowest BCUT2D eigenvalue weighted by Crippen LogP contribution is -2.60. The topological polar surface area (TPSA) is 58.9 Å². The van der Waals surface area contributed by atoms with Crippen LogP contribution in [0.4, 0.5) is 0 Å². The number of halogens is 1. The fourth-order valence-corrected chi connectivity index (χ4v) is 10.9. The molecular weight excluding hydrogens is 492 g/mol. The van der Waals surface area contributed by atoms with E-state index in [1.165, 1.54) is 61.6 Å². The quantitative estimate of drug-likeness (QED) is 0.294. The molecule has 1 heterocycles. The molecule has 0 unspecified atom stereocenters. The summed E-state index contributed by atoms with van der Waals surface area (Å²) in [4.78, 5) is 16.4. The Morgan fingerprint density at radius 1 is 1.08 bits per heavy atom. The number of nitrogens with zero attached hydrogens (tertiary/aromatic N) is 1. The first-order valence-electron chi connectivity index (χ1n) is 15.5. The van der Waals surface area contributed by atoms with Crippen molar-refractivity contribution in [2.45, 2.75) is 105 Å². The van der Waals surface area contributed by atoms with E-state index in [0.29, 0.717) is 23.2 Å². The van der Waals surface area contributed by atoms with Gasteiger partial charge in [0.25, 0.3) is 0 Å². The monoisotopic (exact) mass is 538 g/mol. The van der Waals surface area contributed by atoms with Crippen molar-refractivity contribution in [3.05, 3.63) is 44.6 Å². The Kier molecular flexibility index (Phi) is 6.69. The van der Waals surface area contributed by atoms with Crippen molar-refractivity contribution in [2.24, 2.45) is 52.3 Å². The van der Waals surface area contributed by atoms with Crippen molar-refractivity contribution in [2.75, 3.05) is 0 Å². The van der Waals surface area contributed by atoms with Gasteiger partial charge in [0.05, 0.1) is 0 Å². The van der Waals surface area contributed by atoms with E-state index in [0.717, 1.165) is 47.6 Å². The maximum atomic E-state index is 12.7. The van der Waals surface area contributed by atoms with Crippen LogP contribution in [0.3, 0.4) is 0 Å². The summed E-state index contributed by atoms with van der Waals surface area (Å²) in [6, 6.07) is 5.68. The van der Waals surface area contributed by atoms with Gasteiger partial charge in [0.1, 0.15) is 0 Å². The molecule has 0 saturated heterocycles. The summed E-state index contributed by atoms with van der Waals surface area (Å²) >= 11 is 6.42. The van der Waals surface area contributed by atoms with Gasteiger partial charge >= 0.3 is 0 Å². The molecule has 4 nitrogen and oxygen atoms in total. The first kappa shape index (κ1) is 26.7. The Bertz CT molecular complexity index is 1220. The highest BCUT2D eigenvalue weighted by molar-refractivity contribution is 6.31. The molecule has 1 N–H and O–H groups in total. The van der Waals surface area contributed by atoms with Gasteiger partial charge in [-0.05, 0) is 109 Å². The predicted molar refractivity (Wildman–Crippen MR) is 156 cm³/mol. The number of aromatic amines is 1. The van der Waals surface area contributed by atoms with Crippen LogP contribution in [0.1, 0.15) is 97.2 Å². The van der Waals surface area contributed by atoms with Gasteiger partial charge in [0, 0.05) is 38.9 Å². The number of nitro groups is 1. The molecule has 0 radical (unpaired) electrons. The molecule has 0 amide bonds. The molecule has 2 aromatic rings. The normalized spacial score (nSPS) is 38.9. The van der Waals surface area contributed by atoms with E-state index < -0.39 is 6.04 Å². The van der Waals surface area contributed by atoms with Gasteiger partial charge in [0.2, 0.25) is 6.04 Å². The van der Waals surface area contributed by atoms with E-state index in [1.54, 1.807) is 0 Å². The Morgan fingerprint density at radius 2 is 1.84 bits per heavy atom. The summed E-state index contributed by atoms with van der Waals surface area (Å²) in [7, 11) is 0. The van der Waals surface area contributed by atoms with E-state index in [-0.39, 0.29) is 16.3 Å². The molecular formula is C33H47ClN2O2. The van der Waals surface area contributed by atoms with Crippen LogP contribution >= 0.6 is 11.6 Å². The molecule has 0 aliphatic heterocycles. The molecule has 1 aromatic carbocycles. The minimum Gasteiger partial charge on any atom is -0.358 e. The molecule has 5 heteroatoms. The maximum absolute atomic E-state index is 12.7. The van der Waals surface area contributed by atoms with Gasteiger partial charge in [-0.25, -0.2) is 0 Å². The van der Waals surface area contributed by atoms with Crippen LogP contribution in [-0.4, -0.2) is 15.9 Å². The zero-order valence-corrected chi connectivity index (χ0v) is 24.8. The lowest BCUT2D eigenvalue weighted by molar-refractivity contribution is -0.546. The Hall–Kier alpha value is -1.55. The molecule has 9 atom stereocenters. The zero-order chi connectivity index (χ0) is 27.0. The Morgan fingerprint density at radius 3 is 2.58 bits per heavy atom. The number of hydrogen-bond donors (Lipinski definition) is 1. The third-order valence-electron chi connectivity index (χ3n) is 12.5. The Balaban J connectivity index is 1.32. The number of fused-ring (bicyclic) bond motifs is 8. The molecule has 4 aliphatic rings. The summed E-state index contributed by atoms with van der Waals surface area (Å²) in [6.45, 7) is 12.2. The van der Waals surface area contributed by atoms with Gasteiger partial charge in [0.15, 0.2) is 0 Å². The van der Waals surface area contributed by atoms with E-state index >= 15 is 0 Å². The highest BCUT2D eigenvalue weighted by Crippen LogP contribution is 2.68. The lowest BCUT2D eigenvalue weighted by Gasteiger charge is -2.60. The summed E-state index contributed by atoms with van der Waals surface area (Å²) in [5.74, 6) is 4.11. The van der Waals surface area contributed by atoms with Crippen molar-refractivity contribution in [3.63, 3.8) is 0 Å². The average Bonchev–Trinajstić information content (AvgIpc) is 3.38. The van der Waals surface area contributed by atoms with Crippen LogP contribution in [-0.2, 0) is 12.8 Å². The molecule has 0 spiro atoms. The summed E-state index contributed by atoms with van der Waals surface area (Å²) < 4.78 is 0. The third kappa shape index (κ3) is 4.06. The lowest BCUT2D eigenvalue weighted by atomic mass is 9.43. The first-order valence-corrected chi connectivity index (χ1v) is 15.8. The van der Waals surface area contributed by atoms with Gasteiger partial charge < -0.3 is 4.98 Å². The molecule has 208 valence electrons.